The molecule has 0 aromatic carbocycles. The van der Waals surface area contributed by atoms with Crippen LogP contribution >= 0.6 is 0 Å². The molecule has 202 valence electrons. The van der Waals surface area contributed by atoms with Crippen molar-refractivity contribution < 1.29 is 19.1 Å². The number of nitrogens with zero attached hydrogens (tertiary/aromatic N) is 3. The molecule has 0 radical (unpaired) electrons. The van der Waals surface area contributed by atoms with E-state index in [-0.39, 0.29) is 36.1 Å². The van der Waals surface area contributed by atoms with Gasteiger partial charge in [-0.05, 0) is 55.1 Å². The van der Waals surface area contributed by atoms with Gasteiger partial charge in [0.1, 0.15) is 11.3 Å². The third-order valence-corrected chi connectivity index (χ3v) is 8.24. The number of nitrogens with one attached hydrogen (secondary N) is 2. The molecular weight excluding hydrogens is 470 g/mol. The van der Waals surface area contributed by atoms with Gasteiger partial charge in [0.2, 0.25) is 11.8 Å². The highest BCUT2D eigenvalue weighted by atomic mass is 16.5. The Hall–Kier alpha value is -2.94. The molecule has 3 unspecified atom stereocenters. The highest BCUT2D eigenvalue weighted by molar-refractivity contribution is 5.93. The number of ether oxygens (including phenoxy) is 1. The molecule has 2 fully saturated rings. The van der Waals surface area contributed by atoms with Gasteiger partial charge in [-0.25, -0.2) is 4.98 Å². The van der Waals surface area contributed by atoms with Crippen molar-refractivity contribution in [1.29, 1.82) is 0 Å². The summed E-state index contributed by atoms with van der Waals surface area (Å²) in [6.07, 6.45) is 10.5. The van der Waals surface area contributed by atoms with Gasteiger partial charge in [0, 0.05) is 33.4 Å². The van der Waals surface area contributed by atoms with Crippen LogP contribution in [0.1, 0.15) is 68.1 Å². The van der Waals surface area contributed by atoms with Crippen molar-refractivity contribution in [3.63, 3.8) is 0 Å². The third-order valence-electron chi connectivity index (χ3n) is 8.24. The van der Waals surface area contributed by atoms with E-state index in [2.05, 4.69) is 22.5 Å². The summed E-state index contributed by atoms with van der Waals surface area (Å²) in [6, 6.07) is 5.43. The average molecular weight is 512 g/mol. The van der Waals surface area contributed by atoms with Crippen LogP contribution in [0.3, 0.4) is 0 Å². The third kappa shape index (κ3) is 6.69. The van der Waals surface area contributed by atoms with Crippen molar-refractivity contribution in [3.8, 4) is 0 Å². The normalized spacial score (nSPS) is 23.0. The van der Waals surface area contributed by atoms with Gasteiger partial charge in [-0.2, -0.15) is 0 Å². The molecular formula is C28H41N5O4. The van der Waals surface area contributed by atoms with Gasteiger partial charge in [0.25, 0.3) is 5.91 Å². The molecule has 9 heteroatoms. The summed E-state index contributed by atoms with van der Waals surface area (Å²) in [5.74, 6) is 0.973. The van der Waals surface area contributed by atoms with E-state index in [4.69, 9.17) is 4.74 Å². The predicted octanol–water partition coefficient (Wildman–Crippen LogP) is 2.82. The number of fused-ring (bicyclic) bond motifs is 3. The van der Waals surface area contributed by atoms with Crippen LogP contribution in [0.4, 0.5) is 0 Å². The van der Waals surface area contributed by atoms with Gasteiger partial charge >= 0.3 is 0 Å². The van der Waals surface area contributed by atoms with Crippen LogP contribution in [0.2, 0.25) is 0 Å². The molecule has 4 rings (SSSR count). The maximum atomic E-state index is 13.3. The minimum atomic E-state index is -0.295. The Bertz CT molecular complexity index is 1120. The summed E-state index contributed by atoms with van der Waals surface area (Å²) in [4.78, 5) is 43.9. The Morgan fingerprint density at radius 2 is 2.08 bits per heavy atom. The Labute approximate surface area is 219 Å². The Kier molecular flexibility index (Phi) is 8.84. The van der Waals surface area contributed by atoms with Gasteiger partial charge in [0.15, 0.2) is 0 Å². The molecule has 2 bridgehead atoms. The summed E-state index contributed by atoms with van der Waals surface area (Å²) in [5, 5.41) is 5.90. The van der Waals surface area contributed by atoms with Crippen molar-refractivity contribution in [2.75, 3.05) is 40.4 Å². The number of aromatic nitrogens is 2. The molecule has 3 amide bonds. The molecule has 2 N–H and O–H groups in total. The minimum absolute atomic E-state index is 0.0285. The van der Waals surface area contributed by atoms with Crippen molar-refractivity contribution in [3.05, 3.63) is 35.8 Å². The number of amides is 3. The summed E-state index contributed by atoms with van der Waals surface area (Å²) in [5.41, 5.74) is 1.90. The second-order valence-electron chi connectivity index (χ2n) is 11.0. The van der Waals surface area contributed by atoms with Crippen LogP contribution in [0.25, 0.3) is 5.65 Å². The Balaban J connectivity index is 1.36. The quantitative estimate of drug-likeness (QED) is 0.483. The van der Waals surface area contributed by atoms with Crippen LogP contribution in [0.5, 0.6) is 0 Å². The number of hydrogen-bond donors (Lipinski definition) is 2. The van der Waals surface area contributed by atoms with E-state index in [9.17, 15) is 14.4 Å². The number of rotatable bonds is 11. The maximum absolute atomic E-state index is 13.3. The molecule has 2 saturated carbocycles. The van der Waals surface area contributed by atoms with Crippen molar-refractivity contribution >= 4 is 23.4 Å². The van der Waals surface area contributed by atoms with Gasteiger partial charge in [-0.3, -0.25) is 18.8 Å². The lowest BCUT2D eigenvalue weighted by Gasteiger charge is -2.48. The molecule has 2 aromatic heterocycles. The molecule has 3 atom stereocenters. The molecule has 2 aliphatic rings. The second kappa shape index (κ2) is 12.1. The smallest absolute Gasteiger partial charge is 0.268 e. The fourth-order valence-electron chi connectivity index (χ4n) is 6.26. The largest absolute Gasteiger partial charge is 0.383 e. The minimum Gasteiger partial charge on any atom is -0.383 e. The topological polar surface area (TPSA) is 105 Å². The lowest BCUT2D eigenvalue weighted by molar-refractivity contribution is -0.132. The summed E-state index contributed by atoms with van der Waals surface area (Å²) in [6.45, 7) is 3.82. The average Bonchev–Trinajstić information content (AvgIpc) is 3.31. The maximum Gasteiger partial charge on any atom is 0.268 e. The zero-order valence-corrected chi connectivity index (χ0v) is 22.4. The summed E-state index contributed by atoms with van der Waals surface area (Å²) in [7, 11) is 3.25. The highest BCUT2D eigenvalue weighted by Crippen LogP contribution is 2.51. The molecule has 37 heavy (non-hydrogen) atoms. The number of carbonyl (C=O) groups excluding carboxylic acids is 3. The van der Waals surface area contributed by atoms with Gasteiger partial charge in [-0.1, -0.05) is 32.3 Å². The van der Waals surface area contributed by atoms with Crippen LogP contribution in [-0.4, -0.2) is 72.4 Å². The van der Waals surface area contributed by atoms with Crippen molar-refractivity contribution in [2.45, 2.75) is 58.3 Å². The monoisotopic (exact) mass is 511 g/mol. The van der Waals surface area contributed by atoms with Gasteiger partial charge < -0.3 is 20.3 Å². The fourth-order valence-corrected chi connectivity index (χ4v) is 6.26. The number of likely N-dealkylation sites (N-methyl/N-ethyl adjacent to an activating group) is 1. The lowest BCUT2D eigenvalue weighted by atomic mass is 9.58. The number of pyridine rings is 1. The predicted molar refractivity (Wildman–Crippen MR) is 141 cm³/mol. The van der Waals surface area contributed by atoms with E-state index in [1.807, 2.05) is 12.1 Å². The molecule has 0 aliphatic heterocycles. The van der Waals surface area contributed by atoms with Crippen LogP contribution in [0, 0.1) is 17.3 Å². The van der Waals surface area contributed by atoms with Gasteiger partial charge in [-0.15, -0.1) is 0 Å². The standard InChI is InChI=1S/C28H41N5O4/c1-4-20-13-21-7-6-10-28(15-20,16-21)19-30-27(36)23-8-5-9-24-31-22(18-33(23)24)14-25(34)29-17-26(35)32(2)11-12-37-3/h5,8-9,18,20-21H,4,6-7,10-17,19H2,1-3H3,(H,29,34)(H,30,36). The molecule has 0 saturated heterocycles. The summed E-state index contributed by atoms with van der Waals surface area (Å²) >= 11 is 0. The fraction of sp³-hybridized carbons (Fsp3) is 0.643. The molecule has 2 aromatic rings. The van der Waals surface area contributed by atoms with E-state index in [1.54, 1.807) is 30.8 Å². The number of carbonyl (C=O) groups is 3. The zero-order chi connectivity index (χ0) is 26.4. The highest BCUT2D eigenvalue weighted by Gasteiger charge is 2.42. The van der Waals surface area contributed by atoms with Crippen LogP contribution in [0.15, 0.2) is 24.4 Å². The Morgan fingerprint density at radius 3 is 2.86 bits per heavy atom. The SMILES string of the molecule is CCC1CC2CCCC(CNC(=O)c3cccc4nc(CC(=O)NCC(=O)N(C)CCOC)cn34)(C1)C2. The number of hydrogen-bond acceptors (Lipinski definition) is 5. The second-order valence-corrected chi connectivity index (χ2v) is 11.0. The number of imidazole rings is 1. The molecule has 2 heterocycles. The van der Waals surface area contributed by atoms with Crippen LogP contribution in [-0.2, 0) is 20.7 Å². The molecule has 2 aliphatic carbocycles. The van der Waals surface area contributed by atoms with E-state index in [0.29, 0.717) is 36.7 Å². The molecule has 0 spiro atoms. The zero-order valence-electron chi connectivity index (χ0n) is 22.4. The van der Waals surface area contributed by atoms with E-state index in [1.165, 1.54) is 49.8 Å². The first-order valence-corrected chi connectivity index (χ1v) is 13.6. The summed E-state index contributed by atoms with van der Waals surface area (Å²) < 4.78 is 6.72. The first-order chi connectivity index (χ1) is 17.8. The van der Waals surface area contributed by atoms with E-state index >= 15 is 0 Å². The van der Waals surface area contributed by atoms with E-state index < -0.39 is 0 Å². The first-order valence-electron chi connectivity index (χ1n) is 13.6. The van der Waals surface area contributed by atoms with Crippen LogP contribution < -0.4 is 10.6 Å². The van der Waals surface area contributed by atoms with E-state index in [0.717, 1.165) is 11.8 Å². The Morgan fingerprint density at radius 1 is 1.24 bits per heavy atom. The number of methoxy groups -OCH3 is 1. The van der Waals surface area contributed by atoms with Gasteiger partial charge in [0.05, 0.1) is 25.3 Å². The lowest BCUT2D eigenvalue weighted by Crippen LogP contribution is -2.45. The molecule has 9 nitrogen and oxygen atoms in total. The van der Waals surface area contributed by atoms with Crippen molar-refractivity contribution in [1.82, 2.24) is 24.9 Å². The first kappa shape index (κ1) is 27.1. The van der Waals surface area contributed by atoms with Crippen molar-refractivity contribution in [2.24, 2.45) is 17.3 Å².